The monoisotopic (exact) mass is 313 g/mol. The highest BCUT2D eigenvalue weighted by atomic mass is 16.3. The molecule has 4 rings (SSSR count). The quantitative estimate of drug-likeness (QED) is 0.777. The van der Waals surface area contributed by atoms with E-state index in [-0.39, 0.29) is 5.92 Å². The van der Waals surface area contributed by atoms with Crippen molar-refractivity contribution in [2.45, 2.75) is 58.9 Å². The Labute approximate surface area is 138 Å². The van der Waals surface area contributed by atoms with Gasteiger partial charge in [-0.05, 0) is 55.1 Å². The summed E-state index contributed by atoms with van der Waals surface area (Å²) in [6, 6.07) is 4.39. The molecular weight excluding hydrogens is 286 g/mol. The van der Waals surface area contributed by atoms with Gasteiger partial charge < -0.3 is 4.42 Å². The maximum Gasteiger partial charge on any atom is 0.142 e. The molecule has 3 aliphatic rings. The second kappa shape index (κ2) is 5.32. The molecule has 1 aromatic heterocycles. The Bertz CT molecular complexity index is 628. The molecule has 1 unspecified atom stereocenters. The Morgan fingerprint density at radius 2 is 2.22 bits per heavy atom. The highest BCUT2D eigenvalue weighted by Gasteiger charge is 2.67. The van der Waals surface area contributed by atoms with E-state index in [1.54, 1.807) is 6.26 Å². The number of fused-ring (bicyclic) bond motifs is 1. The lowest BCUT2D eigenvalue weighted by Gasteiger charge is -2.20. The summed E-state index contributed by atoms with van der Waals surface area (Å²) in [5, 5.41) is 0. The number of rotatable bonds is 4. The zero-order valence-corrected chi connectivity index (χ0v) is 14.4. The molecule has 0 radical (unpaired) electrons. The topological polar surface area (TPSA) is 42.6 Å². The molecule has 3 nitrogen and oxygen atoms in total. The van der Waals surface area contributed by atoms with Crippen LogP contribution in [0.25, 0.3) is 0 Å². The SMILES string of the molecule is CC(=N[C@H]1CCC[C@H]1Cc1ccco1)C1C(=O)C[C@@H]2[C@H]1C2(C)C. The minimum absolute atomic E-state index is 0.0971. The second-order valence-corrected chi connectivity index (χ2v) is 8.41. The molecule has 0 spiro atoms. The Morgan fingerprint density at radius 1 is 1.39 bits per heavy atom. The third-order valence-corrected chi connectivity index (χ3v) is 6.75. The zero-order chi connectivity index (χ0) is 16.2. The van der Waals surface area contributed by atoms with Crippen LogP contribution in [0.4, 0.5) is 0 Å². The van der Waals surface area contributed by atoms with Crippen molar-refractivity contribution in [3.8, 4) is 0 Å². The van der Waals surface area contributed by atoms with Crippen LogP contribution in [0.15, 0.2) is 27.8 Å². The molecule has 3 heteroatoms. The molecule has 5 atom stereocenters. The lowest BCUT2D eigenvalue weighted by atomic mass is 9.88. The van der Waals surface area contributed by atoms with Crippen molar-refractivity contribution in [2.24, 2.45) is 34.1 Å². The number of aliphatic imine (C=N–C) groups is 1. The summed E-state index contributed by atoms with van der Waals surface area (Å²) in [6.45, 7) is 6.72. The van der Waals surface area contributed by atoms with Crippen molar-refractivity contribution in [3.05, 3.63) is 24.2 Å². The number of nitrogens with zero attached hydrogens (tertiary/aromatic N) is 1. The fourth-order valence-corrected chi connectivity index (χ4v) is 5.33. The smallest absolute Gasteiger partial charge is 0.142 e. The van der Waals surface area contributed by atoms with Crippen molar-refractivity contribution in [1.82, 2.24) is 0 Å². The van der Waals surface area contributed by atoms with E-state index in [2.05, 4.69) is 26.8 Å². The predicted molar refractivity (Wildman–Crippen MR) is 90.5 cm³/mol. The van der Waals surface area contributed by atoms with Gasteiger partial charge in [-0.2, -0.15) is 0 Å². The molecule has 0 bridgehead atoms. The third kappa shape index (κ3) is 2.49. The molecule has 124 valence electrons. The van der Waals surface area contributed by atoms with Gasteiger partial charge in [0.25, 0.3) is 0 Å². The van der Waals surface area contributed by atoms with E-state index in [0.29, 0.717) is 35.0 Å². The molecule has 0 saturated heterocycles. The Hall–Kier alpha value is -1.38. The number of hydrogen-bond donors (Lipinski definition) is 0. The van der Waals surface area contributed by atoms with E-state index in [1.807, 2.05) is 6.07 Å². The highest BCUT2D eigenvalue weighted by molar-refractivity contribution is 6.07. The molecule has 0 N–H and O–H groups in total. The van der Waals surface area contributed by atoms with Crippen molar-refractivity contribution in [3.63, 3.8) is 0 Å². The molecule has 3 fully saturated rings. The summed E-state index contributed by atoms with van der Waals surface area (Å²) in [4.78, 5) is 17.4. The lowest BCUT2D eigenvalue weighted by Crippen LogP contribution is -2.26. The molecule has 23 heavy (non-hydrogen) atoms. The first-order chi connectivity index (χ1) is 11.0. The van der Waals surface area contributed by atoms with E-state index < -0.39 is 0 Å². The Balaban J connectivity index is 1.49. The summed E-state index contributed by atoms with van der Waals surface area (Å²) < 4.78 is 5.51. The average molecular weight is 313 g/mol. The Kier molecular flexibility index (Phi) is 3.51. The summed E-state index contributed by atoms with van der Waals surface area (Å²) in [7, 11) is 0. The van der Waals surface area contributed by atoms with Crippen LogP contribution in [0, 0.1) is 29.1 Å². The van der Waals surface area contributed by atoms with E-state index in [4.69, 9.17) is 9.41 Å². The van der Waals surface area contributed by atoms with Crippen LogP contribution in [0.1, 0.15) is 52.2 Å². The van der Waals surface area contributed by atoms with E-state index in [0.717, 1.165) is 30.7 Å². The largest absolute Gasteiger partial charge is 0.469 e. The maximum absolute atomic E-state index is 12.4. The van der Waals surface area contributed by atoms with Crippen LogP contribution in [-0.2, 0) is 11.2 Å². The number of carbonyl (C=O) groups is 1. The fourth-order valence-electron chi connectivity index (χ4n) is 5.33. The number of carbonyl (C=O) groups excluding carboxylic acids is 1. The van der Waals surface area contributed by atoms with Crippen LogP contribution >= 0.6 is 0 Å². The lowest BCUT2D eigenvalue weighted by molar-refractivity contribution is -0.120. The van der Waals surface area contributed by atoms with Gasteiger partial charge in [-0.15, -0.1) is 0 Å². The predicted octanol–water partition coefficient (Wildman–Crippen LogP) is 4.31. The van der Waals surface area contributed by atoms with E-state index >= 15 is 0 Å². The van der Waals surface area contributed by atoms with Gasteiger partial charge in [-0.1, -0.05) is 20.3 Å². The molecule has 1 heterocycles. The number of Topliss-reactive ketones (excluding diaryl/α,β-unsaturated/α-hetero) is 1. The van der Waals surface area contributed by atoms with Crippen LogP contribution in [-0.4, -0.2) is 17.5 Å². The summed E-state index contributed by atoms with van der Waals surface area (Å²) >= 11 is 0. The van der Waals surface area contributed by atoms with Gasteiger partial charge in [0, 0.05) is 18.6 Å². The second-order valence-electron chi connectivity index (χ2n) is 8.41. The van der Waals surface area contributed by atoms with Gasteiger partial charge in [0.1, 0.15) is 11.5 Å². The third-order valence-electron chi connectivity index (χ3n) is 6.75. The summed E-state index contributed by atoms with van der Waals surface area (Å²) in [5.74, 6) is 3.31. The molecule has 0 amide bonds. The van der Waals surface area contributed by atoms with Crippen LogP contribution in [0.3, 0.4) is 0 Å². The zero-order valence-electron chi connectivity index (χ0n) is 14.4. The fraction of sp³-hybridized carbons (Fsp3) is 0.700. The first-order valence-corrected chi connectivity index (χ1v) is 9.08. The highest BCUT2D eigenvalue weighted by Crippen LogP contribution is 2.68. The van der Waals surface area contributed by atoms with Gasteiger partial charge in [-0.3, -0.25) is 9.79 Å². The van der Waals surface area contributed by atoms with Gasteiger partial charge in [-0.25, -0.2) is 0 Å². The van der Waals surface area contributed by atoms with Gasteiger partial charge in [0.15, 0.2) is 0 Å². The van der Waals surface area contributed by atoms with Crippen molar-refractivity contribution in [2.75, 3.05) is 0 Å². The van der Waals surface area contributed by atoms with Crippen molar-refractivity contribution < 1.29 is 9.21 Å². The normalized spacial score (nSPS) is 38.8. The average Bonchev–Trinajstić information content (AvgIpc) is 3.04. The molecule has 0 aliphatic heterocycles. The number of hydrogen-bond acceptors (Lipinski definition) is 3. The van der Waals surface area contributed by atoms with Crippen molar-refractivity contribution in [1.29, 1.82) is 0 Å². The van der Waals surface area contributed by atoms with Gasteiger partial charge in [0.2, 0.25) is 0 Å². The minimum Gasteiger partial charge on any atom is -0.469 e. The van der Waals surface area contributed by atoms with Crippen LogP contribution in [0.2, 0.25) is 0 Å². The summed E-state index contributed by atoms with van der Waals surface area (Å²) in [6.07, 6.45) is 7.11. The number of ketones is 1. The molecular formula is C20H27NO2. The first kappa shape index (κ1) is 15.2. The van der Waals surface area contributed by atoms with E-state index in [9.17, 15) is 4.79 Å². The standard InChI is InChI=1S/C20H27NO2/c1-12(18-17(22)11-15-19(18)20(15,2)3)21-16-8-4-6-13(16)10-14-7-5-9-23-14/h5,7,9,13,15-16,18-19H,4,6,8,10-11H2,1-3H3/t13-,15+,16-,18?,19+/m0/s1. The van der Waals surface area contributed by atoms with Crippen molar-refractivity contribution >= 4 is 11.5 Å². The maximum atomic E-state index is 12.4. The molecule has 1 aromatic rings. The van der Waals surface area contributed by atoms with Crippen LogP contribution in [0.5, 0.6) is 0 Å². The molecule has 3 saturated carbocycles. The van der Waals surface area contributed by atoms with Gasteiger partial charge >= 0.3 is 0 Å². The molecule has 0 aromatic carbocycles. The minimum atomic E-state index is 0.0971. The molecule has 3 aliphatic carbocycles. The van der Waals surface area contributed by atoms with E-state index in [1.165, 1.54) is 12.8 Å². The van der Waals surface area contributed by atoms with Crippen LogP contribution < -0.4 is 0 Å². The van der Waals surface area contributed by atoms with Gasteiger partial charge in [0.05, 0.1) is 18.2 Å². The Morgan fingerprint density at radius 3 is 2.91 bits per heavy atom. The number of furan rings is 1. The summed E-state index contributed by atoms with van der Waals surface area (Å²) in [5.41, 5.74) is 1.45. The first-order valence-electron chi connectivity index (χ1n) is 9.08.